The summed E-state index contributed by atoms with van der Waals surface area (Å²) in [6, 6.07) is 0. The molecule has 0 amide bonds. The van der Waals surface area contributed by atoms with E-state index in [-0.39, 0.29) is 0 Å². The molecular weight excluding hydrogens is 173 g/mol. The van der Waals surface area contributed by atoms with E-state index in [1.807, 2.05) is 0 Å². The molecule has 1 atom stereocenters. The fourth-order valence-electron chi connectivity index (χ4n) is 0. The van der Waals surface area contributed by atoms with E-state index in [1.54, 1.807) is 0 Å². The van der Waals surface area contributed by atoms with Gasteiger partial charge in [-0.25, -0.2) is 13.2 Å². The van der Waals surface area contributed by atoms with Crippen molar-refractivity contribution in [2.24, 2.45) is 0 Å². The van der Waals surface area contributed by atoms with E-state index in [0.29, 0.717) is 6.92 Å². The summed E-state index contributed by atoms with van der Waals surface area (Å²) < 4.78 is 34.2. The van der Waals surface area contributed by atoms with Gasteiger partial charge in [0.25, 0.3) is 5.92 Å². The van der Waals surface area contributed by atoms with Crippen molar-refractivity contribution in [1.82, 2.24) is 0 Å². The highest BCUT2D eigenvalue weighted by Gasteiger charge is 2.31. The van der Waals surface area contributed by atoms with Gasteiger partial charge in [-0.05, 0) is 15.9 Å². The molecule has 0 rings (SSSR count). The van der Waals surface area contributed by atoms with E-state index in [2.05, 4.69) is 15.9 Å². The summed E-state index contributed by atoms with van der Waals surface area (Å²) in [6.07, 6.45) is 0. The standard InChI is InChI=1S/C3H4BrF3/c1-3(6,7)2(4)5/h2H,1H3. The third-order valence-corrected chi connectivity index (χ3v) is 1.19. The van der Waals surface area contributed by atoms with E-state index in [4.69, 9.17) is 0 Å². The quantitative estimate of drug-likeness (QED) is 0.539. The minimum absolute atomic E-state index is 0.506. The van der Waals surface area contributed by atoms with Gasteiger partial charge in [0, 0.05) is 6.92 Å². The van der Waals surface area contributed by atoms with Gasteiger partial charge in [-0.2, -0.15) is 0 Å². The fraction of sp³-hybridized carbons (Fsp3) is 1.00. The SMILES string of the molecule is CC(F)(F)C(F)Br. The highest BCUT2D eigenvalue weighted by Crippen LogP contribution is 2.24. The summed E-state index contributed by atoms with van der Waals surface area (Å²) in [7, 11) is 0. The lowest BCUT2D eigenvalue weighted by Gasteiger charge is -2.07. The molecule has 0 heterocycles. The highest BCUT2D eigenvalue weighted by atomic mass is 79.9. The largest absolute Gasteiger partial charge is 0.285 e. The van der Waals surface area contributed by atoms with Crippen LogP contribution in [-0.4, -0.2) is 11.0 Å². The first-order chi connectivity index (χ1) is 2.94. The van der Waals surface area contributed by atoms with Crippen LogP contribution in [-0.2, 0) is 0 Å². The lowest BCUT2D eigenvalue weighted by Crippen LogP contribution is -2.19. The molecule has 0 aromatic heterocycles. The van der Waals surface area contributed by atoms with Crippen LogP contribution in [0.2, 0.25) is 0 Å². The second-order valence-electron chi connectivity index (χ2n) is 1.26. The van der Waals surface area contributed by atoms with Crippen LogP contribution in [0.15, 0.2) is 0 Å². The van der Waals surface area contributed by atoms with E-state index < -0.39 is 11.0 Å². The lowest BCUT2D eigenvalue weighted by molar-refractivity contribution is -0.0154. The Bertz CT molecular complexity index is 55.7. The van der Waals surface area contributed by atoms with Crippen LogP contribution in [0, 0.1) is 0 Å². The molecule has 4 heteroatoms. The van der Waals surface area contributed by atoms with E-state index >= 15 is 0 Å². The zero-order chi connectivity index (χ0) is 6.08. The molecule has 0 aliphatic heterocycles. The number of alkyl halides is 4. The predicted octanol–water partition coefficient (Wildman–Crippen LogP) is 2.33. The average Bonchev–Trinajstić information content (AvgIpc) is 1.31. The van der Waals surface area contributed by atoms with Crippen LogP contribution in [0.5, 0.6) is 0 Å². The number of rotatable bonds is 1. The molecule has 44 valence electrons. The maximum atomic E-state index is 11.4. The first-order valence-electron chi connectivity index (χ1n) is 1.60. The predicted molar refractivity (Wildman–Crippen MR) is 24.4 cm³/mol. The van der Waals surface area contributed by atoms with Gasteiger partial charge >= 0.3 is 0 Å². The Labute approximate surface area is 47.8 Å². The Balaban J connectivity index is 3.54. The van der Waals surface area contributed by atoms with Crippen LogP contribution in [0.4, 0.5) is 13.2 Å². The van der Waals surface area contributed by atoms with Crippen molar-refractivity contribution in [2.45, 2.75) is 17.9 Å². The lowest BCUT2D eigenvalue weighted by atomic mass is 10.4. The first kappa shape index (κ1) is 7.27. The van der Waals surface area contributed by atoms with Crippen molar-refractivity contribution in [3.05, 3.63) is 0 Å². The van der Waals surface area contributed by atoms with Gasteiger partial charge in [-0.1, -0.05) is 0 Å². The van der Waals surface area contributed by atoms with Crippen LogP contribution in [0.25, 0.3) is 0 Å². The van der Waals surface area contributed by atoms with Crippen LogP contribution in [0.1, 0.15) is 6.92 Å². The summed E-state index contributed by atoms with van der Waals surface area (Å²) in [5, 5.41) is -2.22. The Kier molecular flexibility index (Phi) is 2.10. The molecule has 7 heavy (non-hydrogen) atoms. The Morgan fingerprint density at radius 3 is 1.71 bits per heavy atom. The van der Waals surface area contributed by atoms with E-state index in [1.165, 1.54) is 0 Å². The average molecular weight is 177 g/mol. The molecule has 0 aliphatic rings. The van der Waals surface area contributed by atoms with Gasteiger partial charge in [0.15, 0.2) is 0 Å². The molecule has 0 radical (unpaired) electrons. The number of hydrogen-bond donors (Lipinski definition) is 0. The Morgan fingerprint density at radius 1 is 1.57 bits per heavy atom. The molecule has 0 aliphatic carbocycles. The summed E-state index contributed by atoms with van der Waals surface area (Å²) in [5.74, 6) is -3.25. The van der Waals surface area contributed by atoms with Gasteiger partial charge in [0.05, 0.1) is 0 Å². The summed E-state index contributed by atoms with van der Waals surface area (Å²) in [4.78, 5) is 0. The van der Waals surface area contributed by atoms with Crippen molar-refractivity contribution in [3.63, 3.8) is 0 Å². The van der Waals surface area contributed by atoms with Gasteiger partial charge in [-0.3, -0.25) is 0 Å². The van der Waals surface area contributed by atoms with E-state index in [9.17, 15) is 13.2 Å². The third-order valence-electron chi connectivity index (χ3n) is 0.383. The molecule has 0 bridgehead atoms. The fourth-order valence-corrected chi connectivity index (χ4v) is 0. The first-order valence-corrected chi connectivity index (χ1v) is 2.52. The molecule has 0 saturated carbocycles. The third kappa shape index (κ3) is 2.91. The van der Waals surface area contributed by atoms with Crippen LogP contribution < -0.4 is 0 Å². The zero-order valence-electron chi connectivity index (χ0n) is 3.59. The van der Waals surface area contributed by atoms with Gasteiger partial charge in [0.2, 0.25) is 5.08 Å². The zero-order valence-corrected chi connectivity index (χ0v) is 5.18. The minimum atomic E-state index is -3.25. The molecule has 0 N–H and O–H groups in total. The van der Waals surface area contributed by atoms with E-state index in [0.717, 1.165) is 0 Å². The minimum Gasteiger partial charge on any atom is -0.228 e. The number of hydrogen-bond acceptors (Lipinski definition) is 0. The second-order valence-corrected chi connectivity index (χ2v) is 2.06. The molecule has 0 saturated heterocycles. The monoisotopic (exact) mass is 176 g/mol. The molecule has 0 aromatic carbocycles. The molecule has 0 fully saturated rings. The van der Waals surface area contributed by atoms with Crippen LogP contribution in [0.3, 0.4) is 0 Å². The van der Waals surface area contributed by atoms with Gasteiger partial charge in [-0.15, -0.1) is 0 Å². The normalized spacial score (nSPS) is 16.7. The molecule has 0 aromatic rings. The summed E-state index contributed by atoms with van der Waals surface area (Å²) >= 11 is 2.08. The van der Waals surface area contributed by atoms with Crippen molar-refractivity contribution < 1.29 is 13.2 Å². The maximum absolute atomic E-state index is 11.4. The maximum Gasteiger partial charge on any atom is 0.285 e. The van der Waals surface area contributed by atoms with Crippen molar-refractivity contribution >= 4 is 15.9 Å². The molecule has 0 spiro atoms. The topological polar surface area (TPSA) is 0 Å². The molecule has 0 nitrogen and oxygen atoms in total. The van der Waals surface area contributed by atoms with Gasteiger partial charge in [0.1, 0.15) is 0 Å². The molecule has 1 unspecified atom stereocenters. The van der Waals surface area contributed by atoms with Gasteiger partial charge < -0.3 is 0 Å². The summed E-state index contributed by atoms with van der Waals surface area (Å²) in [6.45, 7) is 0.506. The van der Waals surface area contributed by atoms with Crippen LogP contribution >= 0.6 is 15.9 Å². The van der Waals surface area contributed by atoms with Crippen molar-refractivity contribution in [2.75, 3.05) is 0 Å². The Morgan fingerprint density at radius 2 is 1.71 bits per heavy atom. The molecular formula is C3H4BrF3. The Hall–Kier alpha value is 0.270. The summed E-state index contributed by atoms with van der Waals surface area (Å²) in [5.41, 5.74) is 0. The van der Waals surface area contributed by atoms with Crippen molar-refractivity contribution in [3.8, 4) is 0 Å². The van der Waals surface area contributed by atoms with Crippen molar-refractivity contribution in [1.29, 1.82) is 0 Å². The number of halogens is 4. The highest BCUT2D eigenvalue weighted by molar-refractivity contribution is 9.09. The second kappa shape index (κ2) is 2.03. The smallest absolute Gasteiger partial charge is 0.228 e.